The molecular formula is C83H139N17O26. The molecule has 0 radical (unpaired) electrons. The van der Waals surface area contributed by atoms with Gasteiger partial charge in [0.2, 0.25) is 71.4 Å². The maximum Gasteiger partial charge on any atom is 0.407 e. The van der Waals surface area contributed by atoms with Crippen LogP contribution < -0.4 is 90.4 Å². The summed E-state index contributed by atoms with van der Waals surface area (Å²) in [4.78, 5) is 250. The van der Waals surface area contributed by atoms with Crippen LogP contribution in [0, 0.1) is 11.3 Å². The summed E-state index contributed by atoms with van der Waals surface area (Å²) in [5, 5.41) is 65.6. The fraction of sp³-hybridized carbons (Fsp3) is 0.711. The first-order valence-corrected chi connectivity index (χ1v) is 42.1. The van der Waals surface area contributed by atoms with Crippen LogP contribution in [-0.4, -0.2) is 278 Å². The van der Waals surface area contributed by atoms with Gasteiger partial charge >= 0.3 is 36.3 Å². The monoisotopic (exact) mass is 1790 g/mol. The second-order valence-corrected chi connectivity index (χ2v) is 36.4. The predicted octanol–water partition coefficient (Wildman–Crippen LogP) is -0.519. The topological polar surface area (TPSA) is 608 Å². The first-order chi connectivity index (χ1) is 58.3. The number of ether oxygens (including phenoxy) is 6. The van der Waals surface area contributed by atoms with Crippen LogP contribution in [0.3, 0.4) is 0 Å². The van der Waals surface area contributed by atoms with Crippen molar-refractivity contribution in [2.75, 3.05) is 59.0 Å². The quantitative estimate of drug-likeness (QED) is 0.0171. The molecular weight excluding hydrogens is 1650 g/mol. The Bertz CT molecular complexity index is 3810. The Morgan fingerprint density at radius 2 is 0.921 bits per heavy atom. The molecule has 16 amide bonds. The lowest BCUT2D eigenvalue weighted by Gasteiger charge is -2.29. The molecule has 126 heavy (non-hydrogen) atoms. The van der Waals surface area contributed by atoms with E-state index in [0.717, 1.165) is 13.8 Å². The number of amides is 16. The molecule has 1 aromatic rings. The Balaban J connectivity index is 2.87. The Morgan fingerprint density at radius 3 is 1.38 bits per heavy atom. The molecule has 0 aliphatic carbocycles. The predicted molar refractivity (Wildman–Crippen MR) is 457 cm³/mol. The zero-order chi connectivity index (χ0) is 95.8. The average Bonchev–Trinajstić information content (AvgIpc) is 0.986. The van der Waals surface area contributed by atoms with Crippen molar-refractivity contribution in [3.05, 3.63) is 35.9 Å². The number of hydrogen-bond acceptors (Lipinski definition) is 27. The minimum absolute atomic E-state index is 0.0137. The van der Waals surface area contributed by atoms with E-state index in [9.17, 15) is 77.3 Å². The van der Waals surface area contributed by atoms with Crippen LogP contribution >= 0.6 is 0 Å². The smallest absolute Gasteiger partial charge is 0.407 e. The Kier molecular flexibility index (Phi) is 46.3. The number of aliphatic hydroxyl groups is 2. The number of nitrogens with one attached hydrogen (secondary N) is 17. The SMILES string of the molecule is CC(C)C[C@@H]1NC(=O)[C@@H](Cc2ccccc2)NC(=O)[C@H](CCNC(=O)OC(C)(C)C)NC(=O)[C@@H](NC(=O)[C@H](CCNC(=O)OC(C)(C)C)NC(=O)[C@@H](NC(=O)CCOC(=O)C(C)(C)CNCCNC(=O)CC[C@H](NC=O)C(=O)OC(C)(C)C)[C@@H](C)O)CCNC(=O)[C@H]([C@@H](C)O)NC(=O)[C@H](CCNC(=O)OC(C)(C)C)NC(=O)[C@H](CCNC(=O)OC(C)(C)C)NC1=O. The Labute approximate surface area is 736 Å². The summed E-state index contributed by atoms with van der Waals surface area (Å²) in [6.07, 6.45) is -10.8. The zero-order valence-electron chi connectivity index (χ0n) is 76.6. The van der Waals surface area contributed by atoms with E-state index in [1.807, 2.05) is 0 Å². The lowest BCUT2D eigenvalue weighted by Crippen LogP contribution is -2.61. The van der Waals surface area contributed by atoms with Gasteiger partial charge in [-0.2, -0.15) is 0 Å². The standard InChI is InChI=1S/C83H139N17O26/c1-47(2)43-57-68(111)95-52(30-36-87-74(117)123-79(8,9)10)64(107)94-55(33-39-90-77(120)126-82(17,18)19)67(110)100-61(48(3)102)70(113)86-35-29-51(63(106)93-53(31-37-88-75(118)124-80(11,12)13)66(109)98-58(69(112)97-57)44-50-25-23-22-24-26-50)92-65(108)54(32-38-89-76(119)125-81(14,15)16)96-71(114)62(49(4)103)99-60(105)34-42-121-73(116)83(20,21)45-84-40-41-85-59(104)28-27-56(91-46-101)72(115)122-78(5,6)7/h22-26,46-49,51-58,61-62,84,102-103H,27-45H2,1-21H3,(H,85,104)(H,86,113)(H,87,117)(H,88,118)(H,89,119)(H,90,120)(H,91,101)(H,92,108)(H,93,106)(H,94,107)(H,95,111)(H,96,114)(H,97,112)(H,98,109)(H,99,105)(H,100,110)/t48-,49-,51+,52+,53+,54+,55+,56+,57+,58-,61+,62+/m1/s1. The van der Waals surface area contributed by atoms with Crippen molar-refractivity contribution in [1.82, 2.24) is 90.4 Å². The fourth-order valence-electron chi connectivity index (χ4n) is 11.6. The van der Waals surface area contributed by atoms with Crippen molar-refractivity contribution in [1.29, 1.82) is 0 Å². The van der Waals surface area contributed by atoms with Crippen LogP contribution in [0.4, 0.5) is 19.2 Å². The zero-order valence-corrected chi connectivity index (χ0v) is 76.6. The maximum absolute atomic E-state index is 15.3. The third kappa shape index (κ3) is 47.2. The van der Waals surface area contributed by atoms with Gasteiger partial charge in [-0.15, -0.1) is 0 Å². The number of carbonyl (C=O) groups excluding carboxylic acids is 18. The molecule has 2 rings (SSSR count). The molecule has 43 heteroatoms. The van der Waals surface area contributed by atoms with Crippen LogP contribution in [0.5, 0.6) is 0 Å². The number of alkyl carbamates (subject to hydrolysis) is 4. The van der Waals surface area contributed by atoms with Gasteiger partial charge in [-0.1, -0.05) is 44.2 Å². The second-order valence-electron chi connectivity index (χ2n) is 36.4. The molecule has 1 aromatic carbocycles. The van der Waals surface area contributed by atoms with Crippen molar-refractivity contribution in [3.8, 4) is 0 Å². The van der Waals surface area contributed by atoms with E-state index in [-0.39, 0.29) is 51.9 Å². The molecule has 0 spiro atoms. The summed E-state index contributed by atoms with van der Waals surface area (Å²) in [5.41, 5.74) is -5.66. The minimum Gasteiger partial charge on any atom is -0.465 e. The highest BCUT2D eigenvalue weighted by molar-refractivity contribution is 5.99. The minimum atomic E-state index is -1.95. The van der Waals surface area contributed by atoms with Gasteiger partial charge in [0.15, 0.2) is 0 Å². The van der Waals surface area contributed by atoms with Gasteiger partial charge in [0, 0.05) is 65.2 Å². The first-order valence-electron chi connectivity index (χ1n) is 42.1. The third-order valence-corrected chi connectivity index (χ3v) is 17.6. The number of esters is 2. The van der Waals surface area contributed by atoms with E-state index < -0.39 is 285 Å². The van der Waals surface area contributed by atoms with Gasteiger partial charge in [0.05, 0.1) is 24.0 Å². The fourth-order valence-corrected chi connectivity index (χ4v) is 11.6. The molecule has 1 fully saturated rings. The van der Waals surface area contributed by atoms with Crippen LogP contribution in [0.15, 0.2) is 30.3 Å². The van der Waals surface area contributed by atoms with Crippen LogP contribution in [0.1, 0.15) is 209 Å². The number of hydrogen-bond donors (Lipinski definition) is 19. The van der Waals surface area contributed by atoms with Gasteiger partial charge < -0.3 is 129 Å². The summed E-state index contributed by atoms with van der Waals surface area (Å²) >= 11 is 0. The normalized spacial score (nSPS) is 19.4. The van der Waals surface area contributed by atoms with E-state index >= 15 is 19.2 Å². The molecule has 0 bridgehead atoms. The number of aliphatic hydroxyl groups excluding tert-OH is 2. The van der Waals surface area contributed by atoms with Gasteiger partial charge in [-0.05, 0) is 188 Å². The summed E-state index contributed by atoms with van der Waals surface area (Å²) in [6.45, 7) is 30.1. The van der Waals surface area contributed by atoms with Crippen molar-refractivity contribution >= 4 is 108 Å². The molecule has 19 N–H and O–H groups in total. The second kappa shape index (κ2) is 52.6. The van der Waals surface area contributed by atoms with Crippen LogP contribution in [0.2, 0.25) is 0 Å². The van der Waals surface area contributed by atoms with E-state index in [0.29, 0.717) is 12.0 Å². The van der Waals surface area contributed by atoms with Gasteiger partial charge in [0.1, 0.15) is 95.0 Å². The average molecular weight is 1790 g/mol. The highest BCUT2D eigenvalue weighted by Gasteiger charge is 2.40. The van der Waals surface area contributed by atoms with E-state index in [4.69, 9.17) is 28.4 Å². The molecule has 712 valence electrons. The molecule has 43 nitrogen and oxygen atoms in total. The van der Waals surface area contributed by atoms with E-state index in [1.165, 1.54) is 13.8 Å². The number of carbonyl (C=O) groups is 18. The lowest BCUT2D eigenvalue weighted by molar-refractivity contribution is -0.158. The van der Waals surface area contributed by atoms with E-state index in [1.54, 1.807) is 148 Å². The van der Waals surface area contributed by atoms with Gasteiger partial charge in [-0.25, -0.2) is 24.0 Å². The highest BCUT2D eigenvalue weighted by atomic mass is 16.6. The number of benzene rings is 1. The third-order valence-electron chi connectivity index (χ3n) is 17.6. The van der Waals surface area contributed by atoms with Crippen LogP contribution in [-0.2, 0) is 102 Å². The van der Waals surface area contributed by atoms with Crippen molar-refractivity contribution < 1.29 is 125 Å². The Hall–Kier alpha value is -11.2. The molecule has 1 aliphatic heterocycles. The summed E-state index contributed by atoms with van der Waals surface area (Å²) < 4.78 is 32.3. The van der Waals surface area contributed by atoms with Gasteiger partial charge in [-0.3, -0.25) is 62.3 Å². The summed E-state index contributed by atoms with van der Waals surface area (Å²) in [7, 11) is 0. The number of rotatable bonds is 38. The molecule has 0 saturated carbocycles. The Morgan fingerprint density at radius 1 is 0.476 bits per heavy atom. The van der Waals surface area contributed by atoms with Crippen molar-refractivity contribution in [2.24, 2.45) is 11.3 Å². The largest absolute Gasteiger partial charge is 0.465 e. The van der Waals surface area contributed by atoms with E-state index in [2.05, 4.69) is 90.4 Å². The molecule has 0 aromatic heterocycles. The highest BCUT2D eigenvalue weighted by Crippen LogP contribution is 2.19. The molecule has 1 saturated heterocycles. The maximum atomic E-state index is 15.3. The molecule has 12 atom stereocenters. The molecule has 1 aliphatic rings. The van der Waals surface area contributed by atoms with Gasteiger partial charge in [0.25, 0.3) is 0 Å². The van der Waals surface area contributed by atoms with Crippen LogP contribution in [0.25, 0.3) is 0 Å². The molecule has 0 unspecified atom stereocenters. The van der Waals surface area contributed by atoms with Crippen molar-refractivity contribution in [3.63, 3.8) is 0 Å². The summed E-state index contributed by atoms with van der Waals surface area (Å²) in [5.74, 6) is -13.5. The lowest BCUT2D eigenvalue weighted by atomic mass is 9.94. The van der Waals surface area contributed by atoms with Crippen molar-refractivity contribution in [2.45, 2.75) is 310 Å². The molecule has 1 heterocycles. The first kappa shape index (κ1) is 111. The summed E-state index contributed by atoms with van der Waals surface area (Å²) in [6, 6.07) is -8.89.